The molecule has 3 aromatic carbocycles. The lowest BCUT2D eigenvalue weighted by molar-refractivity contribution is 0.177. The van der Waals surface area contributed by atoms with E-state index in [1.165, 1.54) is 65.6 Å². The highest BCUT2D eigenvalue weighted by atomic mass is 16.3. The van der Waals surface area contributed by atoms with E-state index >= 15 is 0 Å². The largest absolute Gasteiger partial charge is 0.392 e. The summed E-state index contributed by atoms with van der Waals surface area (Å²) < 4.78 is 0. The molecule has 0 aromatic heterocycles. The van der Waals surface area contributed by atoms with Gasteiger partial charge >= 0.3 is 0 Å². The van der Waals surface area contributed by atoms with Crippen molar-refractivity contribution >= 4 is 0 Å². The number of aliphatic hydroxyl groups excluding tert-OH is 1. The Morgan fingerprint density at radius 2 is 1.51 bits per heavy atom. The van der Waals surface area contributed by atoms with Crippen LogP contribution in [0.3, 0.4) is 0 Å². The average Bonchev–Trinajstić information content (AvgIpc) is 3.26. The Bertz CT molecular complexity index is 1160. The molecule has 0 fully saturated rings. The normalized spacial score (nSPS) is 13.6. The van der Waals surface area contributed by atoms with Gasteiger partial charge in [-0.15, -0.1) is 0 Å². The number of aryl methyl sites for hydroxylation is 1. The van der Waals surface area contributed by atoms with Crippen molar-refractivity contribution in [3.63, 3.8) is 0 Å². The average molecular weight is 522 g/mol. The number of aliphatic hydroxyl groups is 1. The van der Waals surface area contributed by atoms with Gasteiger partial charge in [0.1, 0.15) is 0 Å². The van der Waals surface area contributed by atoms with Crippen molar-refractivity contribution in [3.05, 3.63) is 119 Å². The van der Waals surface area contributed by atoms with Crippen molar-refractivity contribution in [1.82, 2.24) is 4.90 Å². The number of rotatable bonds is 16. The van der Waals surface area contributed by atoms with E-state index in [9.17, 15) is 5.11 Å². The van der Waals surface area contributed by atoms with Crippen molar-refractivity contribution < 1.29 is 5.11 Å². The first-order valence-electron chi connectivity index (χ1n) is 15.0. The van der Waals surface area contributed by atoms with Gasteiger partial charge < -0.3 is 10.0 Å². The standard InChI is InChI=1S/C37H47NO/c1-4-38(25-13-6-5-7-15-32(39)28-30(3)27-31-23-21-29(2)22-24-31)26-14-12-20-37-35-18-10-8-16-33(35)34-17-9-11-19-36(34)37/h5,7-11,16-19,21-24,32,37,39H,3-4,6,12-15,20,25-28H2,1-2H3/b7-5+/t32-/m0/s1. The second-order valence-corrected chi connectivity index (χ2v) is 11.3. The minimum atomic E-state index is -0.342. The molecule has 1 N–H and O–H groups in total. The molecule has 0 aliphatic heterocycles. The van der Waals surface area contributed by atoms with Gasteiger partial charge in [-0.25, -0.2) is 0 Å². The van der Waals surface area contributed by atoms with Crippen LogP contribution in [0.15, 0.2) is 97.1 Å². The van der Waals surface area contributed by atoms with Crippen LogP contribution >= 0.6 is 0 Å². The first-order chi connectivity index (χ1) is 19.0. The molecule has 0 bridgehead atoms. The molecule has 0 spiro atoms. The molecule has 0 unspecified atom stereocenters. The summed E-state index contributed by atoms with van der Waals surface area (Å²) in [4.78, 5) is 2.59. The van der Waals surface area contributed by atoms with E-state index in [-0.39, 0.29) is 6.10 Å². The summed E-state index contributed by atoms with van der Waals surface area (Å²) in [6, 6.07) is 26.5. The molecule has 39 heavy (non-hydrogen) atoms. The van der Waals surface area contributed by atoms with Crippen LogP contribution in [-0.4, -0.2) is 35.7 Å². The van der Waals surface area contributed by atoms with Crippen LogP contribution in [0.25, 0.3) is 11.1 Å². The van der Waals surface area contributed by atoms with Crippen molar-refractivity contribution in [1.29, 1.82) is 0 Å². The van der Waals surface area contributed by atoms with E-state index in [0.29, 0.717) is 18.8 Å². The highest BCUT2D eigenvalue weighted by Crippen LogP contribution is 2.46. The van der Waals surface area contributed by atoms with E-state index < -0.39 is 0 Å². The molecule has 206 valence electrons. The first-order valence-corrected chi connectivity index (χ1v) is 15.0. The van der Waals surface area contributed by atoms with E-state index in [1.54, 1.807) is 0 Å². The van der Waals surface area contributed by atoms with Gasteiger partial charge in [0, 0.05) is 5.92 Å². The zero-order valence-electron chi connectivity index (χ0n) is 24.1. The first kappa shape index (κ1) is 29.1. The summed E-state index contributed by atoms with van der Waals surface area (Å²) in [6.07, 6.45) is 12.3. The molecule has 2 nitrogen and oxygen atoms in total. The Kier molecular flexibility index (Phi) is 11.2. The number of hydrogen-bond donors (Lipinski definition) is 1. The monoisotopic (exact) mass is 521 g/mol. The lowest BCUT2D eigenvalue weighted by Gasteiger charge is -2.20. The maximum absolute atomic E-state index is 10.4. The van der Waals surface area contributed by atoms with Crippen LogP contribution in [0.2, 0.25) is 0 Å². The molecule has 0 amide bonds. The number of benzene rings is 3. The van der Waals surface area contributed by atoms with Gasteiger partial charge in [0.25, 0.3) is 0 Å². The smallest absolute Gasteiger partial charge is 0.0611 e. The quantitative estimate of drug-likeness (QED) is 0.150. The zero-order chi connectivity index (χ0) is 27.5. The molecule has 0 heterocycles. The SMILES string of the molecule is C=C(Cc1ccc(C)cc1)C[C@@H](O)C/C=C/CCCN(CC)CCCCC1c2ccccc2-c2ccccc21. The van der Waals surface area contributed by atoms with Crippen molar-refractivity contribution in [3.8, 4) is 11.1 Å². The fraction of sp³-hybridized carbons (Fsp3) is 0.405. The predicted octanol–water partition coefficient (Wildman–Crippen LogP) is 8.88. The zero-order valence-corrected chi connectivity index (χ0v) is 24.1. The summed E-state index contributed by atoms with van der Waals surface area (Å²) in [6.45, 7) is 12.0. The fourth-order valence-corrected chi connectivity index (χ4v) is 5.97. The van der Waals surface area contributed by atoms with Gasteiger partial charge in [0.2, 0.25) is 0 Å². The molecule has 1 aliphatic rings. The van der Waals surface area contributed by atoms with Crippen LogP contribution in [0.4, 0.5) is 0 Å². The van der Waals surface area contributed by atoms with Crippen molar-refractivity contribution in [2.75, 3.05) is 19.6 Å². The Balaban J connectivity index is 1.09. The molecule has 0 saturated heterocycles. The maximum Gasteiger partial charge on any atom is 0.0611 e. The molecule has 3 aromatic rings. The van der Waals surface area contributed by atoms with E-state index in [2.05, 4.69) is 110 Å². The highest BCUT2D eigenvalue weighted by molar-refractivity contribution is 5.78. The van der Waals surface area contributed by atoms with Crippen LogP contribution in [0, 0.1) is 6.92 Å². The van der Waals surface area contributed by atoms with Crippen LogP contribution in [0.1, 0.15) is 80.0 Å². The molecule has 2 heteroatoms. The van der Waals surface area contributed by atoms with Gasteiger partial charge in [-0.1, -0.05) is 116 Å². The highest BCUT2D eigenvalue weighted by Gasteiger charge is 2.27. The number of nitrogens with zero attached hydrogens (tertiary/aromatic N) is 1. The Morgan fingerprint density at radius 1 is 0.872 bits per heavy atom. The summed E-state index contributed by atoms with van der Waals surface area (Å²) in [5.41, 5.74) is 9.52. The third-order valence-corrected chi connectivity index (χ3v) is 8.15. The third-order valence-electron chi connectivity index (χ3n) is 8.15. The number of unbranched alkanes of at least 4 members (excludes halogenated alkanes) is 2. The van der Waals surface area contributed by atoms with Gasteiger partial charge in [0.15, 0.2) is 0 Å². The summed E-state index contributed by atoms with van der Waals surface area (Å²) >= 11 is 0. The lowest BCUT2D eigenvalue weighted by Crippen LogP contribution is -2.25. The molecule has 0 radical (unpaired) electrons. The van der Waals surface area contributed by atoms with Gasteiger partial charge in [-0.3, -0.25) is 0 Å². The van der Waals surface area contributed by atoms with Gasteiger partial charge in [0.05, 0.1) is 6.10 Å². The maximum atomic E-state index is 10.4. The van der Waals surface area contributed by atoms with E-state index in [0.717, 1.165) is 31.5 Å². The van der Waals surface area contributed by atoms with Crippen LogP contribution in [0.5, 0.6) is 0 Å². The molecule has 1 atom stereocenters. The minimum absolute atomic E-state index is 0.342. The number of hydrogen-bond acceptors (Lipinski definition) is 2. The van der Waals surface area contributed by atoms with Gasteiger partial charge in [-0.2, -0.15) is 0 Å². The van der Waals surface area contributed by atoms with Crippen LogP contribution < -0.4 is 0 Å². The minimum Gasteiger partial charge on any atom is -0.392 e. The predicted molar refractivity (Wildman–Crippen MR) is 167 cm³/mol. The summed E-state index contributed by atoms with van der Waals surface area (Å²) in [7, 11) is 0. The molecular weight excluding hydrogens is 474 g/mol. The van der Waals surface area contributed by atoms with Gasteiger partial charge in [-0.05, 0) is 99.3 Å². The van der Waals surface area contributed by atoms with Crippen molar-refractivity contribution in [2.24, 2.45) is 0 Å². The van der Waals surface area contributed by atoms with E-state index in [4.69, 9.17) is 0 Å². The van der Waals surface area contributed by atoms with Crippen LogP contribution in [-0.2, 0) is 6.42 Å². The second kappa shape index (κ2) is 15.0. The molecule has 4 rings (SSSR count). The van der Waals surface area contributed by atoms with E-state index in [1.807, 2.05) is 0 Å². The number of fused-ring (bicyclic) bond motifs is 3. The molecule has 1 aliphatic carbocycles. The Hall–Kier alpha value is -2.94. The Labute approximate surface area is 237 Å². The molecular formula is C37H47NO. The van der Waals surface area contributed by atoms with Crippen molar-refractivity contribution in [2.45, 2.75) is 77.2 Å². The second-order valence-electron chi connectivity index (χ2n) is 11.3. The Morgan fingerprint density at radius 3 is 2.18 bits per heavy atom. The number of allylic oxidation sites excluding steroid dienone is 1. The summed E-state index contributed by atoms with van der Waals surface area (Å²) in [5.74, 6) is 0.549. The molecule has 0 saturated carbocycles. The fourth-order valence-electron chi connectivity index (χ4n) is 5.97. The topological polar surface area (TPSA) is 23.5 Å². The third kappa shape index (κ3) is 8.52. The lowest BCUT2D eigenvalue weighted by atomic mass is 9.91. The summed E-state index contributed by atoms with van der Waals surface area (Å²) in [5, 5.41) is 10.4.